The molecule has 0 heterocycles. The first-order valence-electron chi connectivity index (χ1n) is 6.09. The number of carbonyl (C=O) groups is 3. The van der Waals surface area contributed by atoms with Crippen LogP contribution in [0.15, 0.2) is 24.3 Å². The number of hydrogen-bond acceptors (Lipinski definition) is 4. The quantitative estimate of drug-likeness (QED) is 0.621. The number of hydrogen-bond donors (Lipinski definition) is 4. The number of carbonyl (C=O) groups excluding carboxylic acids is 2. The molecule has 1 aromatic carbocycles. The van der Waals surface area contributed by atoms with Gasteiger partial charge in [0.1, 0.15) is 0 Å². The van der Waals surface area contributed by atoms with E-state index in [4.69, 9.17) is 9.84 Å². The van der Waals surface area contributed by atoms with Crippen molar-refractivity contribution in [2.45, 2.75) is 13.0 Å². The molecular formula is C13H17N3O5. The van der Waals surface area contributed by atoms with Crippen LogP contribution in [0.5, 0.6) is 0 Å². The van der Waals surface area contributed by atoms with E-state index in [1.807, 2.05) is 0 Å². The SMILES string of the molecule is COCC(NC(=O)Nc1ccc(NC(C)=O)cc1)C(=O)O. The molecule has 114 valence electrons. The first kappa shape index (κ1) is 16.4. The molecule has 1 rings (SSSR count). The minimum Gasteiger partial charge on any atom is -0.480 e. The molecule has 21 heavy (non-hydrogen) atoms. The van der Waals surface area contributed by atoms with E-state index in [2.05, 4.69) is 16.0 Å². The Morgan fingerprint density at radius 2 is 1.67 bits per heavy atom. The van der Waals surface area contributed by atoms with Gasteiger partial charge in [-0.15, -0.1) is 0 Å². The average Bonchev–Trinajstić information content (AvgIpc) is 2.40. The number of urea groups is 1. The topological polar surface area (TPSA) is 117 Å². The molecule has 3 amide bonds. The molecule has 1 aromatic rings. The highest BCUT2D eigenvalue weighted by atomic mass is 16.5. The van der Waals surface area contributed by atoms with Crippen molar-refractivity contribution in [1.29, 1.82) is 0 Å². The second-order valence-electron chi connectivity index (χ2n) is 4.20. The Morgan fingerprint density at radius 1 is 1.14 bits per heavy atom. The third kappa shape index (κ3) is 5.91. The molecule has 8 heteroatoms. The predicted molar refractivity (Wildman–Crippen MR) is 76.2 cm³/mol. The summed E-state index contributed by atoms with van der Waals surface area (Å²) in [6, 6.07) is 4.59. The van der Waals surface area contributed by atoms with Crippen LogP contribution in [0.25, 0.3) is 0 Å². The zero-order valence-corrected chi connectivity index (χ0v) is 11.7. The van der Waals surface area contributed by atoms with Crippen molar-refractivity contribution in [3.63, 3.8) is 0 Å². The molecule has 0 bridgehead atoms. The zero-order chi connectivity index (χ0) is 15.8. The van der Waals surface area contributed by atoms with Gasteiger partial charge in [0.05, 0.1) is 6.61 Å². The van der Waals surface area contributed by atoms with Crippen LogP contribution in [0.2, 0.25) is 0 Å². The number of carboxylic acid groups (broad SMARTS) is 1. The number of anilines is 2. The molecule has 1 unspecified atom stereocenters. The number of methoxy groups -OCH3 is 1. The summed E-state index contributed by atoms with van der Waals surface area (Å²) in [7, 11) is 1.34. The number of aliphatic carboxylic acids is 1. The van der Waals surface area contributed by atoms with E-state index in [9.17, 15) is 14.4 Å². The summed E-state index contributed by atoms with van der Waals surface area (Å²) in [6.45, 7) is 1.26. The van der Waals surface area contributed by atoms with Gasteiger partial charge in [0.25, 0.3) is 0 Å². The Kier molecular flexibility index (Phi) is 6.15. The lowest BCUT2D eigenvalue weighted by Crippen LogP contribution is -2.45. The van der Waals surface area contributed by atoms with E-state index in [0.717, 1.165) is 0 Å². The van der Waals surface area contributed by atoms with Crippen molar-refractivity contribution in [1.82, 2.24) is 5.32 Å². The van der Waals surface area contributed by atoms with Crippen LogP contribution in [-0.4, -0.2) is 42.8 Å². The molecule has 0 saturated heterocycles. The Balaban J connectivity index is 2.57. The zero-order valence-electron chi connectivity index (χ0n) is 11.7. The summed E-state index contributed by atoms with van der Waals surface area (Å²) >= 11 is 0. The van der Waals surface area contributed by atoms with Crippen LogP contribution in [0.3, 0.4) is 0 Å². The molecule has 0 aliphatic carbocycles. The standard InChI is InChI=1S/C13H17N3O5/c1-8(17)14-9-3-5-10(6-4-9)15-13(20)16-11(7-21-2)12(18)19/h3-6,11H,7H2,1-2H3,(H,14,17)(H,18,19)(H2,15,16,20). The molecule has 0 aromatic heterocycles. The molecule has 8 nitrogen and oxygen atoms in total. The summed E-state index contributed by atoms with van der Waals surface area (Å²) in [4.78, 5) is 33.4. The van der Waals surface area contributed by atoms with Gasteiger partial charge in [-0.25, -0.2) is 9.59 Å². The Labute approximate surface area is 121 Å². The van der Waals surface area contributed by atoms with Gasteiger partial charge in [-0.1, -0.05) is 0 Å². The van der Waals surface area contributed by atoms with Crippen molar-refractivity contribution in [3.05, 3.63) is 24.3 Å². The van der Waals surface area contributed by atoms with Crippen molar-refractivity contribution >= 4 is 29.3 Å². The Bertz CT molecular complexity index is 515. The minimum atomic E-state index is -1.19. The molecule has 0 fully saturated rings. The molecule has 0 saturated carbocycles. The molecule has 0 radical (unpaired) electrons. The second-order valence-corrected chi connectivity index (χ2v) is 4.20. The maximum atomic E-state index is 11.7. The van der Waals surface area contributed by atoms with Crippen LogP contribution >= 0.6 is 0 Å². The third-order valence-electron chi connectivity index (χ3n) is 2.40. The third-order valence-corrected chi connectivity index (χ3v) is 2.40. The fraction of sp³-hybridized carbons (Fsp3) is 0.308. The maximum absolute atomic E-state index is 11.7. The molecule has 4 N–H and O–H groups in total. The van der Waals surface area contributed by atoms with Gasteiger partial charge in [-0.05, 0) is 24.3 Å². The van der Waals surface area contributed by atoms with Gasteiger partial charge < -0.3 is 25.8 Å². The summed E-state index contributed by atoms with van der Waals surface area (Å²) < 4.78 is 4.71. The van der Waals surface area contributed by atoms with E-state index in [0.29, 0.717) is 11.4 Å². The number of benzene rings is 1. The van der Waals surface area contributed by atoms with Crippen molar-refractivity contribution < 1.29 is 24.2 Å². The molecule has 0 aliphatic heterocycles. The van der Waals surface area contributed by atoms with E-state index >= 15 is 0 Å². The lowest BCUT2D eigenvalue weighted by atomic mass is 10.2. The summed E-state index contributed by atoms with van der Waals surface area (Å²) in [5.41, 5.74) is 1.06. The number of ether oxygens (including phenoxy) is 1. The van der Waals surface area contributed by atoms with E-state index < -0.39 is 18.0 Å². The lowest BCUT2D eigenvalue weighted by molar-refractivity contribution is -0.140. The van der Waals surface area contributed by atoms with Gasteiger partial charge in [-0.2, -0.15) is 0 Å². The van der Waals surface area contributed by atoms with Crippen LogP contribution in [0.1, 0.15) is 6.92 Å². The number of rotatable bonds is 6. The minimum absolute atomic E-state index is 0.135. The van der Waals surface area contributed by atoms with Gasteiger partial charge in [0.15, 0.2) is 6.04 Å². The smallest absolute Gasteiger partial charge is 0.328 e. The van der Waals surface area contributed by atoms with Crippen LogP contribution in [0.4, 0.5) is 16.2 Å². The number of carboxylic acids is 1. The van der Waals surface area contributed by atoms with E-state index in [1.165, 1.54) is 14.0 Å². The highest BCUT2D eigenvalue weighted by Gasteiger charge is 2.19. The maximum Gasteiger partial charge on any atom is 0.328 e. The monoisotopic (exact) mass is 295 g/mol. The fourth-order valence-corrected chi connectivity index (χ4v) is 1.51. The predicted octanol–water partition coefficient (Wildman–Crippen LogP) is 0.866. The molecule has 1 atom stereocenters. The van der Waals surface area contributed by atoms with E-state index in [-0.39, 0.29) is 12.5 Å². The molecule has 0 aliphatic rings. The van der Waals surface area contributed by atoms with Gasteiger partial charge in [0.2, 0.25) is 5.91 Å². The van der Waals surface area contributed by atoms with Crippen molar-refractivity contribution in [2.24, 2.45) is 0 Å². The summed E-state index contributed by atoms with van der Waals surface area (Å²) in [5.74, 6) is -1.38. The fourth-order valence-electron chi connectivity index (χ4n) is 1.51. The molecular weight excluding hydrogens is 278 g/mol. The van der Waals surface area contributed by atoms with E-state index in [1.54, 1.807) is 24.3 Å². The first-order chi connectivity index (χ1) is 9.92. The summed E-state index contributed by atoms with van der Waals surface area (Å²) in [5, 5.41) is 16.2. The normalized spacial score (nSPS) is 11.3. The Morgan fingerprint density at radius 3 is 2.10 bits per heavy atom. The highest BCUT2D eigenvalue weighted by molar-refractivity contribution is 5.93. The first-order valence-corrected chi connectivity index (χ1v) is 6.09. The Hall–Kier alpha value is -2.61. The number of amides is 3. The van der Waals surface area contributed by atoms with Gasteiger partial charge in [0, 0.05) is 25.4 Å². The average molecular weight is 295 g/mol. The summed E-state index contributed by atoms with van der Waals surface area (Å²) in [6.07, 6.45) is 0. The van der Waals surface area contributed by atoms with Gasteiger partial charge >= 0.3 is 12.0 Å². The second kappa shape index (κ2) is 7.85. The van der Waals surface area contributed by atoms with Crippen LogP contribution in [-0.2, 0) is 14.3 Å². The van der Waals surface area contributed by atoms with Crippen molar-refractivity contribution in [3.8, 4) is 0 Å². The molecule has 0 spiro atoms. The number of nitrogens with one attached hydrogen (secondary N) is 3. The highest BCUT2D eigenvalue weighted by Crippen LogP contribution is 2.13. The van der Waals surface area contributed by atoms with Crippen LogP contribution < -0.4 is 16.0 Å². The van der Waals surface area contributed by atoms with Crippen molar-refractivity contribution in [2.75, 3.05) is 24.4 Å². The lowest BCUT2D eigenvalue weighted by Gasteiger charge is -2.14. The van der Waals surface area contributed by atoms with Gasteiger partial charge in [-0.3, -0.25) is 4.79 Å². The largest absolute Gasteiger partial charge is 0.480 e. The van der Waals surface area contributed by atoms with Crippen LogP contribution in [0, 0.1) is 0 Å².